The van der Waals surface area contributed by atoms with Gasteiger partial charge in [0, 0.05) is 48.1 Å². The molecular formula is C28H28ClF2N7OS. The fourth-order valence-corrected chi connectivity index (χ4v) is 6.96. The van der Waals surface area contributed by atoms with Crippen LogP contribution in [-0.2, 0) is 0 Å². The third kappa shape index (κ3) is 4.49. The van der Waals surface area contributed by atoms with E-state index in [-0.39, 0.29) is 60.4 Å². The smallest absolute Gasteiger partial charge is 0.319 e. The highest BCUT2D eigenvalue weighted by Crippen LogP contribution is 2.45. The van der Waals surface area contributed by atoms with Crippen molar-refractivity contribution in [3.05, 3.63) is 40.4 Å². The molecule has 4 heterocycles. The number of hydrogen-bond acceptors (Lipinski definition) is 9. The number of ether oxygens (including phenoxy) is 1. The average Bonchev–Trinajstić information content (AvgIpc) is 3.51. The molecule has 2 fully saturated rings. The molecule has 8 nitrogen and oxygen atoms in total. The largest absolute Gasteiger partial charge is 0.462 e. The van der Waals surface area contributed by atoms with Crippen molar-refractivity contribution >= 4 is 54.7 Å². The van der Waals surface area contributed by atoms with Gasteiger partial charge in [-0.1, -0.05) is 17.7 Å². The maximum absolute atomic E-state index is 16.6. The van der Waals surface area contributed by atoms with Crippen molar-refractivity contribution in [3.8, 4) is 23.2 Å². The molecule has 6 rings (SSSR count). The maximum Gasteiger partial charge on any atom is 0.319 e. The standard InChI is InChI=1S/C28H28ClF2N7OS/c1-14-12-34-7-9-38(14)27-17-10-19(29)22(16-5-6-20(30)25-21(16)18(11-32)26(33)40-25)23(31)24(17)35-28(36-27)39-13-15-4-3-8-37(15)2/h5-6,10,14-15,34H,3-4,7-9,12-13,33H2,1-2H3/t14-,15-/m0/s1. The summed E-state index contributed by atoms with van der Waals surface area (Å²) in [6.45, 7) is 5.61. The van der Waals surface area contributed by atoms with Gasteiger partial charge in [0.2, 0.25) is 0 Å². The topological polar surface area (TPSA) is 103 Å². The molecule has 40 heavy (non-hydrogen) atoms. The van der Waals surface area contributed by atoms with E-state index in [1.807, 2.05) is 6.07 Å². The lowest BCUT2D eigenvalue weighted by atomic mass is 9.97. The van der Waals surface area contributed by atoms with Gasteiger partial charge in [-0.3, -0.25) is 0 Å². The molecule has 2 aliphatic heterocycles. The Labute approximate surface area is 239 Å². The van der Waals surface area contributed by atoms with E-state index in [0.29, 0.717) is 24.4 Å². The van der Waals surface area contributed by atoms with Gasteiger partial charge in [-0.2, -0.15) is 15.2 Å². The van der Waals surface area contributed by atoms with Crippen LogP contribution < -0.4 is 20.7 Å². The molecule has 0 unspecified atom stereocenters. The molecule has 12 heteroatoms. The van der Waals surface area contributed by atoms with Gasteiger partial charge in [0.05, 0.1) is 15.3 Å². The molecule has 208 valence electrons. The summed E-state index contributed by atoms with van der Waals surface area (Å²) in [5.74, 6) is -0.694. The van der Waals surface area contributed by atoms with Crippen molar-refractivity contribution in [3.63, 3.8) is 0 Å². The van der Waals surface area contributed by atoms with Gasteiger partial charge in [0.15, 0.2) is 5.82 Å². The van der Waals surface area contributed by atoms with E-state index < -0.39 is 11.6 Å². The summed E-state index contributed by atoms with van der Waals surface area (Å²) in [5, 5.41) is 14.1. The normalized spacial score (nSPS) is 19.9. The fourth-order valence-electron chi connectivity index (χ4n) is 5.72. The molecule has 0 spiro atoms. The van der Waals surface area contributed by atoms with E-state index in [1.165, 1.54) is 12.1 Å². The Kier molecular flexibility index (Phi) is 7.12. The van der Waals surface area contributed by atoms with Crippen molar-refractivity contribution in [1.29, 1.82) is 5.26 Å². The molecule has 2 aromatic heterocycles. The number of benzene rings is 2. The summed E-state index contributed by atoms with van der Waals surface area (Å²) < 4.78 is 37.6. The van der Waals surface area contributed by atoms with Crippen LogP contribution in [-0.4, -0.2) is 66.8 Å². The second-order valence-corrected chi connectivity index (χ2v) is 11.8. The molecule has 0 saturated carbocycles. The lowest BCUT2D eigenvalue weighted by molar-refractivity contribution is 0.188. The van der Waals surface area contributed by atoms with Crippen LogP contribution in [0.5, 0.6) is 6.01 Å². The van der Waals surface area contributed by atoms with E-state index in [2.05, 4.69) is 34.1 Å². The van der Waals surface area contributed by atoms with Crippen LogP contribution in [0.4, 0.5) is 19.6 Å². The maximum atomic E-state index is 16.6. The van der Waals surface area contributed by atoms with Gasteiger partial charge in [-0.25, -0.2) is 8.78 Å². The Balaban J connectivity index is 1.56. The first kappa shape index (κ1) is 26.9. The van der Waals surface area contributed by atoms with Crippen LogP contribution >= 0.6 is 22.9 Å². The summed E-state index contributed by atoms with van der Waals surface area (Å²) in [6, 6.07) is 6.74. The van der Waals surface area contributed by atoms with Gasteiger partial charge in [0.25, 0.3) is 0 Å². The molecule has 2 aromatic carbocycles. The second kappa shape index (κ2) is 10.6. The minimum Gasteiger partial charge on any atom is -0.462 e. The number of aromatic nitrogens is 2. The Morgan fingerprint density at radius 3 is 2.85 bits per heavy atom. The monoisotopic (exact) mass is 583 g/mol. The number of anilines is 2. The van der Waals surface area contributed by atoms with E-state index in [0.717, 1.165) is 43.8 Å². The van der Waals surface area contributed by atoms with Gasteiger partial charge in [-0.05, 0) is 51.1 Å². The van der Waals surface area contributed by atoms with Crippen LogP contribution in [0.2, 0.25) is 5.02 Å². The highest BCUT2D eigenvalue weighted by atomic mass is 35.5. The molecule has 0 amide bonds. The summed E-state index contributed by atoms with van der Waals surface area (Å²) in [7, 11) is 2.06. The highest BCUT2D eigenvalue weighted by Gasteiger charge is 2.29. The zero-order valence-corrected chi connectivity index (χ0v) is 23.7. The third-order valence-electron chi connectivity index (χ3n) is 7.89. The lowest BCUT2D eigenvalue weighted by Crippen LogP contribution is -2.50. The highest BCUT2D eigenvalue weighted by molar-refractivity contribution is 7.23. The number of rotatable bonds is 5. The predicted octanol–water partition coefficient (Wildman–Crippen LogP) is 5.17. The number of nitrogens with one attached hydrogen (secondary N) is 1. The Morgan fingerprint density at radius 1 is 1.30 bits per heavy atom. The quantitative estimate of drug-likeness (QED) is 0.332. The summed E-state index contributed by atoms with van der Waals surface area (Å²) in [4.78, 5) is 13.6. The molecule has 0 aliphatic carbocycles. The van der Waals surface area contributed by atoms with E-state index in [1.54, 1.807) is 6.07 Å². The molecule has 2 atom stereocenters. The van der Waals surface area contributed by atoms with E-state index >= 15 is 4.39 Å². The number of nitrogens with zero attached hydrogens (tertiary/aromatic N) is 5. The number of thiophene rings is 1. The third-order valence-corrected chi connectivity index (χ3v) is 9.22. The second-order valence-electron chi connectivity index (χ2n) is 10.4. The number of likely N-dealkylation sites (tertiary alicyclic amines) is 1. The molecule has 3 N–H and O–H groups in total. The minimum absolute atomic E-state index is 0.0213. The van der Waals surface area contributed by atoms with Gasteiger partial charge in [-0.15, -0.1) is 11.3 Å². The first-order chi connectivity index (χ1) is 19.3. The molecule has 0 radical (unpaired) electrons. The molecule has 2 aliphatic rings. The van der Waals surface area contributed by atoms with Crippen molar-refractivity contribution in [2.24, 2.45) is 0 Å². The zero-order chi connectivity index (χ0) is 28.1. The Bertz CT molecular complexity index is 1670. The van der Waals surface area contributed by atoms with Crippen LogP contribution in [0.25, 0.3) is 32.1 Å². The van der Waals surface area contributed by atoms with Crippen LogP contribution in [0.15, 0.2) is 18.2 Å². The SMILES string of the molecule is C[C@H]1CNCCN1c1nc(OC[C@@H]2CCCN2C)nc2c(F)c(-c3ccc(F)c4sc(N)c(C#N)c34)c(Cl)cc12. The Hall–Kier alpha value is -3.30. The average molecular weight is 584 g/mol. The molecule has 2 saturated heterocycles. The van der Waals surface area contributed by atoms with Crippen molar-refractivity contribution in [2.45, 2.75) is 31.8 Å². The lowest BCUT2D eigenvalue weighted by Gasteiger charge is -2.35. The number of piperazine rings is 1. The van der Waals surface area contributed by atoms with Gasteiger partial charge >= 0.3 is 6.01 Å². The van der Waals surface area contributed by atoms with Gasteiger partial charge < -0.3 is 25.6 Å². The zero-order valence-electron chi connectivity index (χ0n) is 22.1. The molecular weight excluding hydrogens is 556 g/mol. The summed E-state index contributed by atoms with van der Waals surface area (Å²) >= 11 is 7.72. The number of fused-ring (bicyclic) bond motifs is 2. The van der Waals surface area contributed by atoms with Crippen LogP contribution in [0, 0.1) is 23.0 Å². The summed E-state index contributed by atoms with van der Waals surface area (Å²) in [6.07, 6.45) is 2.10. The van der Waals surface area contributed by atoms with Crippen LogP contribution in [0.3, 0.4) is 0 Å². The van der Waals surface area contributed by atoms with Gasteiger partial charge in [0.1, 0.15) is 34.8 Å². The number of likely N-dealkylation sites (N-methyl/N-ethyl adjacent to an activating group) is 1. The first-order valence-electron chi connectivity index (χ1n) is 13.2. The van der Waals surface area contributed by atoms with Crippen molar-refractivity contribution < 1.29 is 13.5 Å². The minimum atomic E-state index is -0.696. The van der Waals surface area contributed by atoms with E-state index in [9.17, 15) is 9.65 Å². The van der Waals surface area contributed by atoms with Crippen molar-refractivity contribution in [2.75, 3.05) is 50.5 Å². The first-order valence-corrected chi connectivity index (χ1v) is 14.4. The van der Waals surface area contributed by atoms with Crippen molar-refractivity contribution in [1.82, 2.24) is 20.2 Å². The predicted molar refractivity (Wildman–Crippen MR) is 155 cm³/mol. The molecule has 0 bridgehead atoms. The number of halogens is 3. The number of nitriles is 1. The Morgan fingerprint density at radius 2 is 2.12 bits per heavy atom. The molecule has 4 aromatic rings. The summed E-state index contributed by atoms with van der Waals surface area (Å²) in [5.41, 5.74) is 6.46. The number of nitrogen functional groups attached to an aromatic ring is 1. The van der Waals surface area contributed by atoms with Crippen LogP contribution in [0.1, 0.15) is 25.3 Å². The van der Waals surface area contributed by atoms with E-state index in [4.69, 9.17) is 27.1 Å². The number of hydrogen-bond donors (Lipinski definition) is 2. The fraction of sp³-hybridized carbons (Fsp3) is 0.393. The number of nitrogens with two attached hydrogens (primary N) is 1.